The number of hydrogen-bond donors (Lipinski definition) is 6. The van der Waals surface area contributed by atoms with Crippen molar-refractivity contribution in [1.29, 1.82) is 0 Å². The van der Waals surface area contributed by atoms with Crippen molar-refractivity contribution < 1.29 is 63.1 Å². The minimum atomic E-state index is -5.12. The Balaban J connectivity index is 2.50. The van der Waals surface area contributed by atoms with Gasteiger partial charge in [-0.1, -0.05) is 140 Å². The van der Waals surface area contributed by atoms with Crippen molar-refractivity contribution in [2.75, 3.05) is 13.2 Å². The number of aliphatic hydroxyl groups excluding tert-OH is 5. The molecule has 1 aliphatic rings. The molecule has 0 bridgehead atoms. The van der Waals surface area contributed by atoms with Gasteiger partial charge in [0.2, 0.25) is 0 Å². The Hall–Kier alpha value is -1.93. The van der Waals surface area contributed by atoms with E-state index in [1.54, 1.807) is 0 Å². The van der Waals surface area contributed by atoms with Crippen LogP contribution in [0.3, 0.4) is 0 Å². The van der Waals surface area contributed by atoms with Gasteiger partial charge < -0.3 is 39.9 Å². The number of rotatable bonds is 37. The predicted octanol–water partition coefficient (Wildman–Crippen LogP) is 8.61. The predicted molar refractivity (Wildman–Crippen MR) is 230 cm³/mol. The Morgan fingerprint density at radius 1 is 0.525 bits per heavy atom. The highest BCUT2D eigenvalue weighted by Gasteiger charge is 2.51. The summed E-state index contributed by atoms with van der Waals surface area (Å²) in [5.41, 5.74) is 0. The molecule has 1 rings (SSSR count). The Morgan fingerprint density at radius 3 is 1.44 bits per heavy atom. The highest BCUT2D eigenvalue weighted by molar-refractivity contribution is 7.47. The molecule has 0 aromatic heterocycles. The van der Waals surface area contributed by atoms with Crippen LogP contribution < -0.4 is 0 Å². The Morgan fingerprint density at radius 2 is 0.915 bits per heavy atom. The summed E-state index contributed by atoms with van der Waals surface area (Å²) in [5.74, 6) is -1.14. The first-order valence-electron chi connectivity index (χ1n) is 22.8. The molecule has 0 aliphatic heterocycles. The first kappa shape index (κ1) is 55.1. The fourth-order valence-corrected chi connectivity index (χ4v) is 7.72. The van der Waals surface area contributed by atoms with Crippen LogP contribution in [0.25, 0.3) is 0 Å². The van der Waals surface area contributed by atoms with Gasteiger partial charge in [-0.05, 0) is 64.2 Å². The van der Waals surface area contributed by atoms with Gasteiger partial charge in [-0.25, -0.2) is 4.57 Å². The number of phosphoric ester groups is 1. The lowest BCUT2D eigenvalue weighted by atomic mass is 9.85. The summed E-state index contributed by atoms with van der Waals surface area (Å²) < 4.78 is 33.5. The van der Waals surface area contributed by atoms with Gasteiger partial charge in [0.25, 0.3) is 0 Å². The molecule has 0 spiro atoms. The summed E-state index contributed by atoms with van der Waals surface area (Å²) in [6.45, 7) is 3.24. The topological polar surface area (TPSA) is 210 Å². The van der Waals surface area contributed by atoms with Crippen LogP contribution in [0.2, 0.25) is 0 Å². The minimum absolute atomic E-state index is 0.0635. The summed E-state index contributed by atoms with van der Waals surface area (Å²) in [6, 6.07) is 0. The molecule has 0 aromatic rings. The van der Waals surface area contributed by atoms with E-state index in [0.29, 0.717) is 12.8 Å². The monoisotopic (exact) mass is 861 g/mol. The van der Waals surface area contributed by atoms with Crippen molar-refractivity contribution >= 4 is 19.8 Å². The molecule has 14 heteroatoms. The number of aliphatic hydroxyl groups is 5. The van der Waals surface area contributed by atoms with Crippen LogP contribution >= 0.6 is 7.82 Å². The fourth-order valence-electron chi connectivity index (χ4n) is 6.74. The summed E-state index contributed by atoms with van der Waals surface area (Å²) >= 11 is 0. The van der Waals surface area contributed by atoms with E-state index in [1.165, 1.54) is 83.5 Å². The van der Waals surface area contributed by atoms with Crippen molar-refractivity contribution in [3.05, 3.63) is 36.5 Å². The zero-order valence-corrected chi connectivity index (χ0v) is 37.2. The third kappa shape index (κ3) is 28.3. The number of unbranched alkanes of at least 4 members (excludes halogenated alkanes) is 20. The zero-order valence-electron chi connectivity index (χ0n) is 36.3. The van der Waals surface area contributed by atoms with Crippen LogP contribution in [0.4, 0.5) is 0 Å². The molecule has 344 valence electrons. The van der Waals surface area contributed by atoms with Gasteiger partial charge in [-0.3, -0.25) is 18.6 Å². The molecule has 0 aromatic carbocycles. The van der Waals surface area contributed by atoms with E-state index < -0.39 is 75.7 Å². The molecule has 8 atom stereocenters. The number of phosphoric acid groups is 1. The highest BCUT2D eigenvalue weighted by atomic mass is 31.2. The van der Waals surface area contributed by atoms with E-state index in [2.05, 4.69) is 50.3 Å². The largest absolute Gasteiger partial charge is 0.472 e. The van der Waals surface area contributed by atoms with E-state index in [9.17, 15) is 44.6 Å². The number of ether oxygens (including phenoxy) is 2. The zero-order chi connectivity index (χ0) is 43.6. The van der Waals surface area contributed by atoms with E-state index in [1.807, 2.05) is 0 Å². The van der Waals surface area contributed by atoms with Crippen LogP contribution in [0.5, 0.6) is 0 Å². The normalized spacial score (nSPS) is 22.6. The second-order valence-corrected chi connectivity index (χ2v) is 17.3. The van der Waals surface area contributed by atoms with E-state index >= 15 is 0 Å². The highest BCUT2D eigenvalue weighted by Crippen LogP contribution is 2.47. The maximum atomic E-state index is 12.8. The average molecular weight is 861 g/mol. The van der Waals surface area contributed by atoms with Gasteiger partial charge in [-0.2, -0.15) is 0 Å². The minimum Gasteiger partial charge on any atom is -0.462 e. The third-order valence-electron chi connectivity index (χ3n) is 10.5. The molecule has 6 unspecified atom stereocenters. The molecule has 0 amide bonds. The quantitative estimate of drug-likeness (QED) is 0.0114. The average Bonchev–Trinajstić information content (AvgIpc) is 3.21. The maximum Gasteiger partial charge on any atom is 0.472 e. The molecule has 13 nitrogen and oxygen atoms in total. The van der Waals surface area contributed by atoms with E-state index in [4.69, 9.17) is 18.5 Å². The van der Waals surface area contributed by atoms with Gasteiger partial charge in [0.15, 0.2) is 6.10 Å². The molecule has 1 aliphatic carbocycles. The van der Waals surface area contributed by atoms with Crippen LogP contribution in [0, 0.1) is 0 Å². The smallest absolute Gasteiger partial charge is 0.462 e. The number of carbonyl (C=O) groups excluding carboxylic acids is 2. The van der Waals surface area contributed by atoms with Crippen molar-refractivity contribution in [2.45, 2.75) is 224 Å². The molecular formula is C45H81O13P. The number of hydrogen-bond acceptors (Lipinski definition) is 12. The van der Waals surface area contributed by atoms with Crippen LogP contribution in [0.15, 0.2) is 36.5 Å². The summed E-state index contributed by atoms with van der Waals surface area (Å²) in [7, 11) is -5.12. The van der Waals surface area contributed by atoms with Crippen LogP contribution in [-0.2, 0) is 32.7 Å². The third-order valence-corrected chi connectivity index (χ3v) is 11.5. The summed E-state index contributed by atoms with van der Waals surface area (Å²) in [5, 5.41) is 50.1. The lowest BCUT2D eigenvalue weighted by Gasteiger charge is -2.41. The molecule has 0 heterocycles. The summed E-state index contributed by atoms with van der Waals surface area (Å²) in [6.07, 6.45) is 26.3. The number of esters is 2. The lowest BCUT2D eigenvalue weighted by Crippen LogP contribution is -2.64. The number of allylic oxidation sites excluding steroid dienone is 6. The fraction of sp³-hybridized carbons (Fsp3) is 0.822. The molecule has 59 heavy (non-hydrogen) atoms. The van der Waals surface area contributed by atoms with Crippen molar-refractivity contribution in [1.82, 2.24) is 0 Å². The second kappa shape index (κ2) is 35.6. The van der Waals surface area contributed by atoms with E-state index in [-0.39, 0.29) is 12.8 Å². The standard InChI is InChI=1S/C45H81O13P/c1-3-5-7-9-11-13-15-17-19-21-23-25-27-29-31-33-38(46)55-35-37(36-56-59(53,54)58-45-43(51)41(49)40(48)42(50)44(45)52)57-39(47)34-32-30-28-26-24-22-20-18-16-14-12-10-8-6-4-2/h13,15,17,19,24,26,37,40-45,48-52H,3-12,14,16,18,20-23,25,27-36H2,1-2H3,(H,53,54)/b15-13+,19-17+,26-24+/t37-,40?,41-,42?,43?,44?,45?/m1/s1. The summed E-state index contributed by atoms with van der Waals surface area (Å²) in [4.78, 5) is 35.6. The van der Waals surface area contributed by atoms with Gasteiger partial charge in [0.05, 0.1) is 6.61 Å². The van der Waals surface area contributed by atoms with Gasteiger partial charge >= 0.3 is 19.8 Å². The first-order chi connectivity index (χ1) is 28.4. The van der Waals surface area contributed by atoms with Gasteiger partial charge in [0, 0.05) is 12.8 Å². The molecular weight excluding hydrogens is 779 g/mol. The molecule has 0 radical (unpaired) electrons. The van der Waals surface area contributed by atoms with Crippen molar-refractivity contribution in [3.63, 3.8) is 0 Å². The first-order valence-corrected chi connectivity index (χ1v) is 24.3. The van der Waals surface area contributed by atoms with E-state index in [0.717, 1.165) is 57.8 Å². The van der Waals surface area contributed by atoms with Crippen LogP contribution in [0.1, 0.15) is 181 Å². The van der Waals surface area contributed by atoms with Gasteiger partial charge in [0.1, 0.15) is 43.2 Å². The van der Waals surface area contributed by atoms with Crippen molar-refractivity contribution in [2.24, 2.45) is 0 Å². The molecule has 1 fully saturated rings. The van der Waals surface area contributed by atoms with Crippen molar-refractivity contribution in [3.8, 4) is 0 Å². The maximum absolute atomic E-state index is 12.8. The lowest BCUT2D eigenvalue weighted by molar-refractivity contribution is -0.220. The Bertz CT molecular complexity index is 1180. The Labute approximate surface area is 355 Å². The SMILES string of the molecule is CCCCCC/C=C/C=C/CCCCCCCC(=O)OC[C@H](COP(=O)(O)OC1C(O)C(O)C(O)[C@@H](O)C1O)OC(=O)CCCC/C=C/CCCCCCCCCCC. The molecule has 1 saturated carbocycles. The molecule has 6 N–H and O–H groups in total. The Kier molecular flexibility index (Phi) is 33.3. The second-order valence-electron chi connectivity index (χ2n) is 15.9. The number of carbonyl (C=O) groups is 2. The van der Waals surface area contributed by atoms with Crippen LogP contribution in [-0.4, -0.2) is 98.3 Å². The molecule has 0 saturated heterocycles. The van der Waals surface area contributed by atoms with Gasteiger partial charge in [-0.15, -0.1) is 0 Å².